The normalized spacial score (nSPS) is 15.2. The van der Waals surface area contributed by atoms with E-state index in [2.05, 4.69) is 16.3 Å². The summed E-state index contributed by atoms with van der Waals surface area (Å²) >= 11 is 0. The third-order valence-electron chi connectivity index (χ3n) is 1.98. The highest BCUT2D eigenvalue weighted by atomic mass is 16.6. The third-order valence-corrected chi connectivity index (χ3v) is 1.98. The fourth-order valence-electron chi connectivity index (χ4n) is 1.14. The standard InChI is InChI=1S/C8H8N3O2/c12-11(13)8-3-2-7(6-9-8)10-4-1-5-10/h1-3,6H,4-5H2. The van der Waals surface area contributed by atoms with E-state index in [1.807, 2.05) is 0 Å². The first-order chi connectivity index (χ1) is 6.27. The zero-order chi connectivity index (χ0) is 9.26. The van der Waals surface area contributed by atoms with Gasteiger partial charge < -0.3 is 15.0 Å². The van der Waals surface area contributed by atoms with Gasteiger partial charge in [0.25, 0.3) is 0 Å². The first kappa shape index (κ1) is 7.97. The average molecular weight is 178 g/mol. The number of anilines is 1. The summed E-state index contributed by atoms with van der Waals surface area (Å²) in [7, 11) is 0. The van der Waals surface area contributed by atoms with Crippen molar-refractivity contribution in [2.75, 3.05) is 18.0 Å². The summed E-state index contributed by atoms with van der Waals surface area (Å²) in [4.78, 5) is 15.6. The second-order valence-electron chi connectivity index (χ2n) is 2.83. The van der Waals surface area contributed by atoms with Crippen molar-refractivity contribution in [3.63, 3.8) is 0 Å². The molecule has 67 valence electrons. The molecule has 0 unspecified atom stereocenters. The number of pyridine rings is 1. The van der Waals surface area contributed by atoms with Crippen molar-refractivity contribution in [3.8, 4) is 0 Å². The van der Waals surface area contributed by atoms with Gasteiger partial charge in [0.05, 0.1) is 5.69 Å². The van der Waals surface area contributed by atoms with E-state index in [9.17, 15) is 10.1 Å². The number of hydrogen-bond acceptors (Lipinski definition) is 4. The number of rotatable bonds is 2. The summed E-state index contributed by atoms with van der Waals surface area (Å²) in [6.45, 7) is 1.80. The minimum atomic E-state index is -0.494. The molecule has 0 aliphatic carbocycles. The Bertz CT molecular complexity index is 319. The molecular formula is C8H8N3O2. The van der Waals surface area contributed by atoms with Crippen molar-refractivity contribution in [1.82, 2.24) is 4.98 Å². The van der Waals surface area contributed by atoms with Gasteiger partial charge in [0.15, 0.2) is 6.20 Å². The van der Waals surface area contributed by atoms with Gasteiger partial charge in [-0.2, -0.15) is 0 Å². The second kappa shape index (κ2) is 3.01. The highest BCUT2D eigenvalue weighted by Gasteiger charge is 2.17. The summed E-state index contributed by atoms with van der Waals surface area (Å²) in [5.41, 5.74) is 0.938. The van der Waals surface area contributed by atoms with E-state index in [-0.39, 0.29) is 5.82 Å². The summed E-state index contributed by atoms with van der Waals surface area (Å²) in [5.74, 6) is -0.103. The van der Waals surface area contributed by atoms with E-state index >= 15 is 0 Å². The smallest absolute Gasteiger partial charge is 0.363 e. The van der Waals surface area contributed by atoms with Gasteiger partial charge in [0.2, 0.25) is 0 Å². The van der Waals surface area contributed by atoms with Gasteiger partial charge in [-0.15, -0.1) is 0 Å². The Hall–Kier alpha value is -1.65. The lowest BCUT2D eigenvalue weighted by Crippen LogP contribution is -2.37. The molecule has 0 amide bonds. The monoisotopic (exact) mass is 178 g/mol. The summed E-state index contributed by atoms with van der Waals surface area (Å²) < 4.78 is 0. The van der Waals surface area contributed by atoms with Gasteiger partial charge in [0.1, 0.15) is 0 Å². The molecule has 1 aromatic rings. The molecule has 5 nitrogen and oxygen atoms in total. The molecule has 1 aliphatic heterocycles. The van der Waals surface area contributed by atoms with Crippen LogP contribution in [0.2, 0.25) is 0 Å². The minimum Gasteiger partial charge on any atom is -0.368 e. The van der Waals surface area contributed by atoms with Crippen molar-refractivity contribution in [2.45, 2.75) is 0 Å². The van der Waals surface area contributed by atoms with Crippen LogP contribution in [-0.2, 0) is 0 Å². The van der Waals surface area contributed by atoms with Crippen molar-refractivity contribution >= 4 is 11.5 Å². The molecule has 2 rings (SSSR count). The van der Waals surface area contributed by atoms with Gasteiger partial charge in [-0.25, -0.2) is 0 Å². The highest BCUT2D eigenvalue weighted by molar-refractivity contribution is 5.49. The Morgan fingerprint density at radius 3 is 2.62 bits per heavy atom. The Morgan fingerprint density at radius 1 is 1.46 bits per heavy atom. The predicted octanol–water partition coefficient (Wildman–Crippen LogP) is 1.01. The Balaban J connectivity index is 2.17. The molecule has 1 radical (unpaired) electrons. The van der Waals surface area contributed by atoms with Crippen LogP contribution in [0.25, 0.3) is 0 Å². The fraction of sp³-hybridized carbons (Fsp3) is 0.250. The quantitative estimate of drug-likeness (QED) is 0.501. The second-order valence-corrected chi connectivity index (χ2v) is 2.83. The predicted molar refractivity (Wildman–Crippen MR) is 47.4 cm³/mol. The van der Waals surface area contributed by atoms with Crippen LogP contribution in [0.4, 0.5) is 11.5 Å². The van der Waals surface area contributed by atoms with E-state index < -0.39 is 4.92 Å². The average Bonchev–Trinajstić information content (AvgIpc) is 2.02. The largest absolute Gasteiger partial charge is 0.368 e. The van der Waals surface area contributed by atoms with Crippen LogP contribution in [0.5, 0.6) is 0 Å². The highest BCUT2D eigenvalue weighted by Crippen LogP contribution is 2.20. The molecule has 0 bridgehead atoms. The zero-order valence-electron chi connectivity index (χ0n) is 6.88. The molecule has 0 aromatic carbocycles. The molecule has 0 saturated carbocycles. The SMILES string of the molecule is O=[N+]([O-])c1ccc(N2C[CH]C2)cn1. The molecule has 13 heavy (non-hydrogen) atoms. The van der Waals surface area contributed by atoms with E-state index in [4.69, 9.17) is 0 Å². The molecule has 0 spiro atoms. The number of aromatic nitrogens is 1. The van der Waals surface area contributed by atoms with Crippen LogP contribution >= 0.6 is 0 Å². The van der Waals surface area contributed by atoms with Crippen LogP contribution in [0.3, 0.4) is 0 Å². The number of nitro groups is 1. The third kappa shape index (κ3) is 1.44. The molecule has 2 heterocycles. The molecular weight excluding hydrogens is 170 g/mol. The van der Waals surface area contributed by atoms with E-state index in [1.54, 1.807) is 6.07 Å². The lowest BCUT2D eigenvalue weighted by atomic mass is 10.2. The Morgan fingerprint density at radius 2 is 2.23 bits per heavy atom. The lowest BCUT2D eigenvalue weighted by Gasteiger charge is -2.31. The van der Waals surface area contributed by atoms with Gasteiger partial charge in [-0.3, -0.25) is 0 Å². The minimum absolute atomic E-state index is 0.103. The van der Waals surface area contributed by atoms with Crippen molar-refractivity contribution in [1.29, 1.82) is 0 Å². The van der Waals surface area contributed by atoms with Gasteiger partial charge in [-0.05, 0) is 16.0 Å². The topological polar surface area (TPSA) is 59.3 Å². The lowest BCUT2D eigenvalue weighted by molar-refractivity contribution is -0.389. The Kier molecular flexibility index (Phi) is 1.84. The number of nitrogens with zero attached hydrogens (tertiary/aromatic N) is 3. The first-order valence-corrected chi connectivity index (χ1v) is 3.94. The van der Waals surface area contributed by atoms with E-state index in [0.29, 0.717) is 0 Å². The van der Waals surface area contributed by atoms with Gasteiger partial charge in [0, 0.05) is 25.6 Å². The summed E-state index contributed by atoms with van der Waals surface area (Å²) in [5, 5.41) is 10.3. The maximum Gasteiger partial charge on any atom is 0.363 e. The summed E-state index contributed by atoms with van der Waals surface area (Å²) in [6.07, 6.45) is 3.66. The van der Waals surface area contributed by atoms with Crippen molar-refractivity contribution in [3.05, 3.63) is 34.9 Å². The first-order valence-electron chi connectivity index (χ1n) is 3.94. The fourth-order valence-corrected chi connectivity index (χ4v) is 1.14. The van der Waals surface area contributed by atoms with E-state index in [1.165, 1.54) is 12.3 Å². The van der Waals surface area contributed by atoms with Crippen molar-refractivity contribution in [2.24, 2.45) is 0 Å². The number of hydrogen-bond donors (Lipinski definition) is 0. The van der Waals surface area contributed by atoms with Crippen molar-refractivity contribution < 1.29 is 4.92 Å². The van der Waals surface area contributed by atoms with Crippen LogP contribution < -0.4 is 4.90 Å². The van der Waals surface area contributed by atoms with Crippen LogP contribution in [0, 0.1) is 16.5 Å². The zero-order valence-corrected chi connectivity index (χ0v) is 6.88. The molecule has 1 aromatic heterocycles. The molecule has 1 aliphatic rings. The molecule has 1 saturated heterocycles. The molecule has 0 N–H and O–H groups in total. The maximum atomic E-state index is 10.3. The molecule has 5 heteroatoms. The molecule has 1 fully saturated rings. The van der Waals surface area contributed by atoms with Gasteiger partial charge in [-0.1, -0.05) is 0 Å². The summed E-state index contributed by atoms with van der Waals surface area (Å²) in [6, 6.07) is 3.14. The van der Waals surface area contributed by atoms with Crippen LogP contribution in [0.1, 0.15) is 0 Å². The van der Waals surface area contributed by atoms with Gasteiger partial charge >= 0.3 is 5.82 Å². The van der Waals surface area contributed by atoms with Crippen LogP contribution in [0.15, 0.2) is 18.3 Å². The van der Waals surface area contributed by atoms with Crippen LogP contribution in [-0.4, -0.2) is 23.0 Å². The Labute approximate surface area is 75.2 Å². The molecule has 0 atom stereocenters. The van der Waals surface area contributed by atoms with E-state index in [0.717, 1.165) is 18.8 Å². The maximum absolute atomic E-state index is 10.3.